The van der Waals surface area contributed by atoms with E-state index in [9.17, 15) is 4.79 Å². The number of rotatable bonds is 5. The van der Waals surface area contributed by atoms with Crippen LogP contribution in [0, 0.1) is 0 Å². The Morgan fingerprint density at radius 1 is 1.17 bits per heavy atom. The molecule has 0 radical (unpaired) electrons. The molecule has 2 heterocycles. The van der Waals surface area contributed by atoms with Crippen molar-refractivity contribution in [2.24, 2.45) is 10.7 Å². The predicted molar refractivity (Wildman–Crippen MR) is 113 cm³/mol. The van der Waals surface area contributed by atoms with E-state index in [1.165, 1.54) is 0 Å². The van der Waals surface area contributed by atoms with Gasteiger partial charge in [-0.3, -0.25) is 4.79 Å². The number of aliphatic imine (C=N–C) groups is 1. The summed E-state index contributed by atoms with van der Waals surface area (Å²) in [5.74, 6) is 1.46. The van der Waals surface area contributed by atoms with Crippen LogP contribution in [0.15, 0.2) is 53.5 Å². The average molecular weight is 394 g/mol. The fourth-order valence-electron chi connectivity index (χ4n) is 3.60. The van der Waals surface area contributed by atoms with E-state index in [0.29, 0.717) is 38.6 Å². The van der Waals surface area contributed by atoms with Gasteiger partial charge in [0.1, 0.15) is 11.6 Å². The van der Waals surface area contributed by atoms with Crippen LogP contribution in [0.5, 0.6) is 5.75 Å². The summed E-state index contributed by atoms with van der Waals surface area (Å²) in [6.07, 6.45) is 0. The number of para-hydroxylation sites is 1. The second-order valence-corrected chi connectivity index (χ2v) is 7.22. The van der Waals surface area contributed by atoms with Crippen molar-refractivity contribution in [2.75, 3.05) is 37.8 Å². The highest BCUT2D eigenvalue weighted by Crippen LogP contribution is 2.36. The summed E-state index contributed by atoms with van der Waals surface area (Å²) >= 11 is 0. The minimum atomic E-state index is -0.212. The Labute approximate surface area is 170 Å². The number of fused-ring (bicyclic) bond motifs is 1. The lowest BCUT2D eigenvalue weighted by atomic mass is 10.1. The van der Waals surface area contributed by atoms with Crippen LogP contribution >= 0.6 is 0 Å². The largest absolute Gasteiger partial charge is 0.483 e. The molecule has 0 saturated carbocycles. The summed E-state index contributed by atoms with van der Waals surface area (Å²) in [5.41, 5.74) is 9.02. The van der Waals surface area contributed by atoms with E-state index < -0.39 is 0 Å². The van der Waals surface area contributed by atoms with E-state index in [2.05, 4.69) is 4.90 Å². The van der Waals surface area contributed by atoms with E-state index in [0.717, 1.165) is 22.8 Å². The normalized spacial score (nSPS) is 17.4. The van der Waals surface area contributed by atoms with Gasteiger partial charge in [0.15, 0.2) is 6.61 Å². The molecule has 2 aliphatic heterocycles. The molecule has 1 amide bonds. The van der Waals surface area contributed by atoms with Crippen molar-refractivity contribution < 1.29 is 14.3 Å². The molecule has 0 aromatic heterocycles. The molecule has 7 heteroatoms. The zero-order chi connectivity index (χ0) is 20.2. The Hall–Kier alpha value is -2.90. The smallest absolute Gasteiger partial charge is 0.260 e. The number of nitrogens with two attached hydrogens (primary N) is 1. The first kappa shape index (κ1) is 19.4. The molecular weight excluding hydrogens is 368 g/mol. The van der Waals surface area contributed by atoms with Crippen LogP contribution in [0.3, 0.4) is 0 Å². The molecule has 1 fully saturated rings. The number of ether oxygens (including phenoxy) is 2. The molecule has 29 heavy (non-hydrogen) atoms. The molecule has 1 saturated heterocycles. The molecule has 1 atom stereocenters. The first-order valence-corrected chi connectivity index (χ1v) is 9.90. The zero-order valence-corrected chi connectivity index (χ0v) is 16.6. The quantitative estimate of drug-likeness (QED) is 0.842. The van der Waals surface area contributed by atoms with Gasteiger partial charge in [-0.1, -0.05) is 24.3 Å². The minimum absolute atomic E-state index is 0.00561. The number of amidine groups is 1. The molecule has 2 aliphatic rings. The number of amides is 1. The third-order valence-corrected chi connectivity index (χ3v) is 5.13. The number of nitrogens with zero attached hydrogens (tertiary/aromatic N) is 3. The van der Waals surface area contributed by atoms with E-state index in [1.807, 2.05) is 55.5 Å². The van der Waals surface area contributed by atoms with Gasteiger partial charge in [0, 0.05) is 24.3 Å². The third kappa shape index (κ3) is 4.26. The Morgan fingerprint density at radius 2 is 1.93 bits per heavy atom. The fraction of sp³-hybridized carbons (Fsp3) is 0.364. The lowest BCUT2D eigenvalue weighted by molar-refractivity contribution is -0.137. The number of hydrogen-bond donors (Lipinski definition) is 1. The number of anilines is 1. The summed E-state index contributed by atoms with van der Waals surface area (Å²) in [6, 6.07) is 15.6. The molecule has 4 rings (SSSR count). The van der Waals surface area contributed by atoms with Crippen LogP contribution in [-0.2, 0) is 16.1 Å². The summed E-state index contributed by atoms with van der Waals surface area (Å²) < 4.78 is 11.2. The topological polar surface area (TPSA) is 80.4 Å². The minimum Gasteiger partial charge on any atom is -0.483 e. The third-order valence-electron chi connectivity index (χ3n) is 5.13. The van der Waals surface area contributed by atoms with E-state index >= 15 is 0 Å². The van der Waals surface area contributed by atoms with Crippen molar-refractivity contribution in [3.8, 4) is 5.75 Å². The van der Waals surface area contributed by atoms with Gasteiger partial charge in [0.2, 0.25) is 0 Å². The van der Waals surface area contributed by atoms with Crippen molar-refractivity contribution in [3.05, 3.63) is 54.1 Å². The molecule has 2 aromatic rings. The van der Waals surface area contributed by atoms with Gasteiger partial charge in [-0.25, -0.2) is 4.99 Å². The number of carbonyl (C=O) groups excluding carboxylic acids is 1. The summed E-state index contributed by atoms with van der Waals surface area (Å²) in [7, 11) is 0. The second-order valence-electron chi connectivity index (χ2n) is 7.22. The molecule has 7 nitrogen and oxygen atoms in total. The molecule has 0 bridgehead atoms. The Kier molecular flexibility index (Phi) is 5.78. The van der Waals surface area contributed by atoms with Crippen molar-refractivity contribution in [2.45, 2.75) is 19.5 Å². The van der Waals surface area contributed by atoms with Gasteiger partial charge in [-0.15, -0.1) is 0 Å². The summed E-state index contributed by atoms with van der Waals surface area (Å²) in [6.45, 7) is 4.90. The predicted octanol–water partition coefficient (Wildman–Crippen LogP) is 2.32. The maximum absolute atomic E-state index is 12.5. The van der Waals surface area contributed by atoms with Crippen molar-refractivity contribution in [1.29, 1.82) is 0 Å². The number of hydrogen-bond acceptors (Lipinski definition) is 6. The number of morpholine rings is 1. The monoisotopic (exact) mass is 394 g/mol. The average Bonchev–Trinajstić information content (AvgIpc) is 2.77. The maximum atomic E-state index is 12.5. The van der Waals surface area contributed by atoms with Gasteiger partial charge < -0.3 is 25.0 Å². The van der Waals surface area contributed by atoms with E-state index in [1.54, 1.807) is 4.90 Å². The Balaban J connectivity index is 1.57. The summed E-state index contributed by atoms with van der Waals surface area (Å²) in [4.78, 5) is 21.1. The molecule has 152 valence electrons. The van der Waals surface area contributed by atoms with Crippen molar-refractivity contribution in [1.82, 2.24) is 4.90 Å². The molecule has 2 aromatic carbocycles. The standard InChI is InChI=1S/C22H26N4O3/c1-16(23)22-24-19-8-5-9-20(29-15-21(27)25-10-12-28-13-11-25)18(19)14-26(22)17-6-3-2-4-7-17/h2-9,16H,10-15,23H2,1H3/t16-/m0/s1. The van der Waals surface area contributed by atoms with Gasteiger partial charge in [-0.2, -0.15) is 0 Å². The fourth-order valence-corrected chi connectivity index (χ4v) is 3.60. The summed E-state index contributed by atoms with van der Waals surface area (Å²) in [5, 5.41) is 0. The molecule has 0 unspecified atom stereocenters. The lowest BCUT2D eigenvalue weighted by Crippen LogP contribution is -2.44. The molecule has 0 aliphatic carbocycles. The van der Waals surface area contributed by atoms with Crippen LogP contribution in [0.4, 0.5) is 11.4 Å². The van der Waals surface area contributed by atoms with Gasteiger partial charge >= 0.3 is 0 Å². The molecular formula is C22H26N4O3. The Morgan fingerprint density at radius 3 is 2.66 bits per heavy atom. The van der Waals surface area contributed by atoms with Crippen molar-refractivity contribution >= 4 is 23.1 Å². The first-order chi connectivity index (χ1) is 14.1. The SMILES string of the molecule is C[C@H](N)C1=Nc2cccc(OCC(=O)N3CCOCC3)c2CN1c1ccccc1. The van der Waals surface area contributed by atoms with Gasteiger partial charge in [0.05, 0.1) is 31.5 Å². The molecule has 2 N–H and O–H groups in total. The number of carbonyl (C=O) groups is 1. The highest BCUT2D eigenvalue weighted by atomic mass is 16.5. The Bertz CT molecular complexity index is 892. The zero-order valence-electron chi connectivity index (χ0n) is 16.6. The van der Waals surface area contributed by atoms with E-state index in [-0.39, 0.29) is 18.6 Å². The van der Waals surface area contributed by atoms with Crippen LogP contribution < -0.4 is 15.4 Å². The maximum Gasteiger partial charge on any atom is 0.260 e. The van der Waals surface area contributed by atoms with Crippen LogP contribution in [0.25, 0.3) is 0 Å². The highest BCUT2D eigenvalue weighted by molar-refractivity contribution is 6.04. The van der Waals surface area contributed by atoms with Gasteiger partial charge in [-0.05, 0) is 31.2 Å². The lowest BCUT2D eigenvalue weighted by Gasteiger charge is -2.33. The molecule has 0 spiro atoms. The highest BCUT2D eigenvalue weighted by Gasteiger charge is 2.26. The van der Waals surface area contributed by atoms with Crippen LogP contribution in [0.2, 0.25) is 0 Å². The van der Waals surface area contributed by atoms with Gasteiger partial charge in [0.25, 0.3) is 5.91 Å². The first-order valence-electron chi connectivity index (χ1n) is 9.90. The van der Waals surface area contributed by atoms with E-state index in [4.69, 9.17) is 20.2 Å². The van der Waals surface area contributed by atoms with Crippen LogP contribution in [0.1, 0.15) is 12.5 Å². The second kappa shape index (κ2) is 8.63. The number of benzene rings is 2. The van der Waals surface area contributed by atoms with Crippen LogP contribution in [-0.4, -0.2) is 55.6 Å². The van der Waals surface area contributed by atoms with Crippen molar-refractivity contribution in [3.63, 3.8) is 0 Å².